The summed E-state index contributed by atoms with van der Waals surface area (Å²) in [5, 5.41) is 8.33. The lowest BCUT2D eigenvalue weighted by Crippen LogP contribution is -2.51. The Morgan fingerprint density at radius 3 is 2.64 bits per heavy atom. The molecule has 2 atom stereocenters. The Bertz CT molecular complexity index is 931. The number of rotatable bonds is 11. The zero-order valence-corrected chi connectivity index (χ0v) is 20.3. The van der Waals surface area contributed by atoms with Crippen molar-refractivity contribution in [1.29, 1.82) is 0 Å². The highest BCUT2D eigenvalue weighted by molar-refractivity contribution is 7.14. The number of hydrogen-bond donors (Lipinski definition) is 2. The van der Waals surface area contributed by atoms with Crippen LogP contribution < -0.4 is 10.6 Å². The van der Waals surface area contributed by atoms with Crippen molar-refractivity contribution < 1.29 is 14.4 Å². The summed E-state index contributed by atoms with van der Waals surface area (Å²) < 4.78 is 0. The maximum absolute atomic E-state index is 13.1. The number of nitrogens with zero attached hydrogens (tertiary/aromatic N) is 2. The highest BCUT2D eigenvalue weighted by atomic mass is 32.1. The van der Waals surface area contributed by atoms with Gasteiger partial charge in [-0.05, 0) is 52.6 Å². The van der Waals surface area contributed by atoms with Crippen LogP contribution in [-0.4, -0.2) is 47.2 Å². The van der Waals surface area contributed by atoms with Crippen LogP contribution >= 0.6 is 11.3 Å². The second-order valence-corrected chi connectivity index (χ2v) is 9.61. The van der Waals surface area contributed by atoms with Crippen LogP contribution in [0.4, 0.5) is 5.13 Å². The third-order valence-electron chi connectivity index (χ3n) is 6.04. The van der Waals surface area contributed by atoms with Crippen molar-refractivity contribution in [2.24, 2.45) is 5.92 Å². The van der Waals surface area contributed by atoms with E-state index in [2.05, 4.69) is 20.5 Å². The number of hydrogen-bond acceptors (Lipinski definition) is 6. The molecule has 0 radical (unpaired) electrons. The lowest BCUT2D eigenvalue weighted by Gasteiger charge is -2.33. The van der Waals surface area contributed by atoms with Crippen LogP contribution in [0.2, 0.25) is 0 Å². The number of carbonyl (C=O) groups excluding carboxylic acids is 3. The summed E-state index contributed by atoms with van der Waals surface area (Å²) in [6, 6.07) is 9.78. The molecule has 0 aliphatic carbocycles. The van der Waals surface area contributed by atoms with Gasteiger partial charge in [0.2, 0.25) is 11.8 Å². The number of benzene rings is 1. The van der Waals surface area contributed by atoms with Gasteiger partial charge in [-0.2, -0.15) is 0 Å². The van der Waals surface area contributed by atoms with Gasteiger partial charge in [0.25, 0.3) is 0 Å². The monoisotopic (exact) mass is 470 g/mol. The number of Topliss-reactive ketones (excluding diaryl/α,β-unsaturated/α-hetero) is 1. The van der Waals surface area contributed by atoms with E-state index in [4.69, 9.17) is 0 Å². The molecule has 1 aliphatic rings. The summed E-state index contributed by atoms with van der Waals surface area (Å²) in [7, 11) is 2.00. The summed E-state index contributed by atoms with van der Waals surface area (Å²) in [6.07, 6.45) is 6.34. The molecule has 33 heavy (non-hydrogen) atoms. The number of likely N-dealkylation sites (tertiary alicyclic amines) is 1. The first-order valence-corrected chi connectivity index (χ1v) is 12.6. The van der Waals surface area contributed by atoms with Gasteiger partial charge in [-0.3, -0.25) is 14.5 Å². The number of nitrogens with one attached hydrogen (secondary N) is 2. The van der Waals surface area contributed by atoms with Gasteiger partial charge < -0.3 is 15.4 Å². The molecule has 1 aromatic carbocycles. The summed E-state index contributed by atoms with van der Waals surface area (Å²) in [5.74, 6) is -1.19. The van der Waals surface area contributed by atoms with Crippen molar-refractivity contribution in [3.8, 4) is 11.3 Å². The summed E-state index contributed by atoms with van der Waals surface area (Å²) in [5.41, 5.74) is 1.78. The van der Waals surface area contributed by atoms with Gasteiger partial charge in [-0.1, -0.05) is 43.2 Å². The van der Waals surface area contributed by atoms with E-state index in [1.165, 1.54) is 11.3 Å². The third-order valence-corrected chi connectivity index (χ3v) is 6.80. The number of carbonyl (C=O) groups is 3. The molecule has 8 heteroatoms. The maximum atomic E-state index is 13.1. The fourth-order valence-corrected chi connectivity index (χ4v) is 4.79. The fourth-order valence-electron chi connectivity index (χ4n) is 4.07. The molecule has 0 bridgehead atoms. The standard InChI is InChI=1S/C25H34N4O3S/c1-18(30)11-5-3-8-14-20(23(31)27-22-15-9-10-16-29(22)2)24(32)28-25-26-21(17-33-25)19-12-6-4-7-13-19/h4,6-7,12-13,17,20,22H,3,5,8-11,14-16H2,1-2H3,(H,27,31)(H,26,28,32). The van der Waals surface area contributed by atoms with Gasteiger partial charge in [-0.15, -0.1) is 11.3 Å². The SMILES string of the molecule is CC(=O)CCCCCC(C(=O)Nc1nc(-c2ccccc2)cs1)C(=O)NC1CCCCN1C. The van der Waals surface area contributed by atoms with E-state index >= 15 is 0 Å². The van der Waals surface area contributed by atoms with E-state index in [1.54, 1.807) is 6.92 Å². The topological polar surface area (TPSA) is 91.4 Å². The molecule has 1 aliphatic heterocycles. The van der Waals surface area contributed by atoms with Crippen LogP contribution in [0.25, 0.3) is 11.3 Å². The summed E-state index contributed by atoms with van der Waals surface area (Å²) in [4.78, 5) is 44.1. The van der Waals surface area contributed by atoms with Gasteiger partial charge in [0.1, 0.15) is 11.7 Å². The third kappa shape index (κ3) is 7.75. The van der Waals surface area contributed by atoms with Crippen molar-refractivity contribution in [3.63, 3.8) is 0 Å². The van der Waals surface area contributed by atoms with Gasteiger partial charge in [-0.25, -0.2) is 4.98 Å². The first kappa shape index (κ1) is 25.1. The average Bonchev–Trinajstić information content (AvgIpc) is 3.26. The molecule has 178 valence electrons. The van der Waals surface area contributed by atoms with Crippen LogP contribution in [0, 0.1) is 5.92 Å². The molecule has 1 fully saturated rings. The van der Waals surface area contributed by atoms with E-state index < -0.39 is 5.92 Å². The molecule has 2 aromatic rings. The van der Waals surface area contributed by atoms with E-state index in [0.717, 1.165) is 49.9 Å². The van der Waals surface area contributed by atoms with E-state index in [-0.39, 0.29) is 23.8 Å². The number of thiazole rings is 1. The van der Waals surface area contributed by atoms with Crippen LogP contribution in [0.3, 0.4) is 0 Å². The summed E-state index contributed by atoms with van der Waals surface area (Å²) in [6.45, 7) is 2.52. The number of ketones is 1. The molecule has 1 aromatic heterocycles. The second-order valence-electron chi connectivity index (χ2n) is 8.75. The highest BCUT2D eigenvalue weighted by Gasteiger charge is 2.30. The molecule has 2 unspecified atom stereocenters. The largest absolute Gasteiger partial charge is 0.340 e. The number of aromatic nitrogens is 1. The van der Waals surface area contributed by atoms with Crippen LogP contribution in [-0.2, 0) is 14.4 Å². The smallest absolute Gasteiger partial charge is 0.238 e. The van der Waals surface area contributed by atoms with Crippen molar-refractivity contribution in [2.75, 3.05) is 18.9 Å². The molecule has 2 N–H and O–H groups in total. The Labute approximate surface area is 200 Å². The van der Waals surface area contributed by atoms with E-state index in [1.807, 2.05) is 42.8 Å². The number of unbranched alkanes of at least 4 members (excludes halogenated alkanes) is 2. The minimum Gasteiger partial charge on any atom is -0.340 e. The molecule has 3 rings (SSSR count). The van der Waals surface area contributed by atoms with Gasteiger partial charge >= 0.3 is 0 Å². The number of amides is 2. The van der Waals surface area contributed by atoms with Crippen molar-refractivity contribution in [1.82, 2.24) is 15.2 Å². The molecule has 0 saturated carbocycles. The second kappa shape index (κ2) is 12.6. The molecule has 1 saturated heterocycles. The van der Waals surface area contributed by atoms with Crippen molar-refractivity contribution in [3.05, 3.63) is 35.7 Å². The first-order chi connectivity index (χ1) is 15.9. The molecular weight excluding hydrogens is 436 g/mol. The predicted molar refractivity (Wildman–Crippen MR) is 132 cm³/mol. The number of piperidine rings is 1. The predicted octanol–water partition coefficient (Wildman–Crippen LogP) is 4.46. The lowest BCUT2D eigenvalue weighted by molar-refractivity contribution is -0.134. The van der Waals surface area contributed by atoms with Crippen LogP contribution in [0.5, 0.6) is 0 Å². The Balaban J connectivity index is 1.63. The minimum absolute atomic E-state index is 0.0381. The summed E-state index contributed by atoms with van der Waals surface area (Å²) >= 11 is 1.35. The Morgan fingerprint density at radius 2 is 1.91 bits per heavy atom. The van der Waals surface area contributed by atoms with Crippen LogP contribution in [0.15, 0.2) is 35.7 Å². The highest BCUT2D eigenvalue weighted by Crippen LogP contribution is 2.25. The molecule has 2 amide bonds. The quantitative estimate of drug-likeness (QED) is 0.374. The van der Waals surface area contributed by atoms with Gasteiger partial charge in [0, 0.05) is 17.4 Å². The van der Waals surface area contributed by atoms with Crippen molar-refractivity contribution >= 4 is 34.1 Å². The normalized spacial score (nSPS) is 17.3. The molecular formula is C25H34N4O3S. The Hall–Kier alpha value is -2.58. The minimum atomic E-state index is -0.790. The lowest BCUT2D eigenvalue weighted by atomic mass is 9.97. The zero-order chi connectivity index (χ0) is 23.6. The maximum Gasteiger partial charge on any atom is 0.238 e. The molecule has 2 heterocycles. The van der Waals surface area contributed by atoms with E-state index in [9.17, 15) is 14.4 Å². The number of anilines is 1. The average molecular weight is 471 g/mol. The van der Waals surface area contributed by atoms with Gasteiger partial charge in [0.05, 0.1) is 11.9 Å². The fraction of sp³-hybridized carbons (Fsp3) is 0.520. The van der Waals surface area contributed by atoms with Gasteiger partial charge in [0.15, 0.2) is 5.13 Å². The first-order valence-electron chi connectivity index (χ1n) is 11.8. The van der Waals surface area contributed by atoms with Crippen molar-refractivity contribution in [2.45, 2.75) is 64.5 Å². The Morgan fingerprint density at radius 1 is 1.12 bits per heavy atom. The molecule has 0 spiro atoms. The Kier molecular flexibility index (Phi) is 9.57. The molecule has 7 nitrogen and oxygen atoms in total. The van der Waals surface area contributed by atoms with Crippen LogP contribution in [0.1, 0.15) is 58.3 Å². The zero-order valence-electron chi connectivity index (χ0n) is 19.5. The van der Waals surface area contributed by atoms with E-state index in [0.29, 0.717) is 24.4 Å².